The molecule has 0 spiro atoms. The van der Waals surface area contributed by atoms with Crippen LogP contribution >= 0.6 is 23.5 Å². The molecule has 1 aromatic rings. The van der Waals surface area contributed by atoms with Crippen LogP contribution < -0.4 is 5.32 Å². The van der Waals surface area contributed by atoms with Gasteiger partial charge >= 0.3 is 0 Å². The minimum atomic E-state index is 0.502. The Morgan fingerprint density at radius 3 is 3.18 bits per heavy atom. The molecule has 1 aliphatic rings. The van der Waals surface area contributed by atoms with Crippen molar-refractivity contribution in [3.63, 3.8) is 0 Å². The van der Waals surface area contributed by atoms with E-state index in [1.54, 1.807) is 11.8 Å². The van der Waals surface area contributed by atoms with E-state index in [0.717, 1.165) is 17.3 Å². The minimum Gasteiger partial charge on any atom is -0.335 e. The molecule has 0 amide bonds. The number of nitrogens with one attached hydrogen (secondary N) is 1. The number of amidine groups is 1. The predicted octanol–water partition coefficient (Wildman–Crippen LogP) is 4.09. The second kappa shape index (κ2) is 6.36. The SMILES string of the molecule is CCC1CCSC(Nc2cccc(SC)c2)=N1. The van der Waals surface area contributed by atoms with Gasteiger partial charge in [0.05, 0.1) is 6.04 Å². The average molecular weight is 266 g/mol. The van der Waals surface area contributed by atoms with Crippen LogP contribution in [0.15, 0.2) is 34.2 Å². The Balaban J connectivity index is 2.06. The summed E-state index contributed by atoms with van der Waals surface area (Å²) in [6.07, 6.45) is 4.44. The van der Waals surface area contributed by atoms with Crippen molar-refractivity contribution < 1.29 is 0 Å². The van der Waals surface area contributed by atoms with Gasteiger partial charge in [0.25, 0.3) is 0 Å². The first-order valence-electron chi connectivity index (χ1n) is 5.93. The van der Waals surface area contributed by atoms with Gasteiger partial charge < -0.3 is 5.32 Å². The summed E-state index contributed by atoms with van der Waals surface area (Å²) in [4.78, 5) is 5.99. The van der Waals surface area contributed by atoms with E-state index in [1.165, 1.54) is 17.1 Å². The van der Waals surface area contributed by atoms with E-state index in [9.17, 15) is 0 Å². The Hall–Kier alpha value is -0.610. The van der Waals surface area contributed by atoms with E-state index in [4.69, 9.17) is 4.99 Å². The second-order valence-electron chi connectivity index (χ2n) is 3.99. The summed E-state index contributed by atoms with van der Waals surface area (Å²) in [6.45, 7) is 2.20. The summed E-state index contributed by atoms with van der Waals surface area (Å²) >= 11 is 3.59. The molecule has 1 aliphatic heterocycles. The third-order valence-electron chi connectivity index (χ3n) is 2.78. The first-order valence-corrected chi connectivity index (χ1v) is 8.14. The summed E-state index contributed by atoms with van der Waals surface area (Å²) in [7, 11) is 0. The van der Waals surface area contributed by atoms with Crippen LogP contribution in [-0.2, 0) is 0 Å². The number of rotatable bonds is 3. The van der Waals surface area contributed by atoms with E-state index in [1.807, 2.05) is 11.8 Å². The normalized spacial score (nSPS) is 19.9. The van der Waals surface area contributed by atoms with Gasteiger partial charge in [-0.3, -0.25) is 4.99 Å². The monoisotopic (exact) mass is 266 g/mol. The highest BCUT2D eigenvalue weighted by Gasteiger charge is 2.13. The van der Waals surface area contributed by atoms with Crippen LogP contribution in [0.25, 0.3) is 0 Å². The summed E-state index contributed by atoms with van der Waals surface area (Å²) < 4.78 is 0. The highest BCUT2D eigenvalue weighted by Crippen LogP contribution is 2.23. The molecule has 0 aromatic heterocycles. The molecular weight excluding hydrogens is 248 g/mol. The number of hydrogen-bond donors (Lipinski definition) is 1. The molecule has 0 saturated heterocycles. The first-order chi connectivity index (χ1) is 8.31. The lowest BCUT2D eigenvalue weighted by molar-refractivity contribution is 0.634. The van der Waals surface area contributed by atoms with Crippen LogP contribution in [-0.4, -0.2) is 23.2 Å². The smallest absolute Gasteiger partial charge is 0.161 e. The van der Waals surface area contributed by atoms with Gasteiger partial charge in [0.15, 0.2) is 5.17 Å². The fourth-order valence-electron chi connectivity index (χ4n) is 1.75. The molecule has 4 heteroatoms. The van der Waals surface area contributed by atoms with Crippen molar-refractivity contribution in [2.75, 3.05) is 17.3 Å². The number of aliphatic imine (C=N–C) groups is 1. The van der Waals surface area contributed by atoms with Gasteiger partial charge in [-0.15, -0.1) is 11.8 Å². The topological polar surface area (TPSA) is 24.4 Å². The number of benzene rings is 1. The summed E-state index contributed by atoms with van der Waals surface area (Å²) in [5.74, 6) is 1.17. The molecule has 2 rings (SSSR count). The summed E-state index contributed by atoms with van der Waals surface area (Å²) in [5.41, 5.74) is 1.14. The average Bonchev–Trinajstić information content (AvgIpc) is 2.39. The number of anilines is 1. The molecule has 0 saturated carbocycles. The van der Waals surface area contributed by atoms with E-state index < -0.39 is 0 Å². The molecule has 0 radical (unpaired) electrons. The summed E-state index contributed by atoms with van der Waals surface area (Å²) in [5, 5.41) is 4.49. The molecule has 92 valence electrons. The second-order valence-corrected chi connectivity index (χ2v) is 5.95. The molecule has 2 nitrogen and oxygen atoms in total. The maximum atomic E-state index is 4.71. The van der Waals surface area contributed by atoms with Crippen molar-refractivity contribution in [2.24, 2.45) is 4.99 Å². The van der Waals surface area contributed by atoms with Crippen molar-refractivity contribution in [3.8, 4) is 0 Å². The zero-order valence-corrected chi connectivity index (χ0v) is 11.9. The van der Waals surface area contributed by atoms with Crippen molar-refractivity contribution >= 4 is 34.4 Å². The molecule has 0 aliphatic carbocycles. The standard InChI is InChI=1S/C13H18N2S2/c1-3-10-7-8-17-13(14-10)15-11-5-4-6-12(9-11)16-2/h4-6,9-10H,3,7-8H2,1-2H3,(H,14,15). The van der Waals surface area contributed by atoms with Crippen LogP contribution in [0.3, 0.4) is 0 Å². The Kier molecular flexibility index (Phi) is 4.80. The van der Waals surface area contributed by atoms with E-state index in [2.05, 4.69) is 42.8 Å². The fourth-order valence-corrected chi connectivity index (χ4v) is 3.20. The lowest BCUT2D eigenvalue weighted by atomic mass is 10.2. The van der Waals surface area contributed by atoms with Gasteiger partial charge in [0.2, 0.25) is 0 Å². The van der Waals surface area contributed by atoms with E-state index in [0.29, 0.717) is 6.04 Å². The lowest BCUT2D eigenvalue weighted by Gasteiger charge is -2.19. The van der Waals surface area contributed by atoms with Gasteiger partial charge in [-0.25, -0.2) is 0 Å². The third kappa shape index (κ3) is 3.68. The first kappa shape index (κ1) is 12.8. The molecule has 1 heterocycles. The van der Waals surface area contributed by atoms with Gasteiger partial charge in [-0.05, 0) is 37.3 Å². The van der Waals surface area contributed by atoms with Crippen molar-refractivity contribution in [3.05, 3.63) is 24.3 Å². The maximum absolute atomic E-state index is 4.71. The van der Waals surface area contributed by atoms with Crippen LogP contribution in [0, 0.1) is 0 Å². The molecule has 1 atom stereocenters. The number of thioether (sulfide) groups is 2. The molecule has 1 aromatic carbocycles. The number of nitrogens with zero attached hydrogens (tertiary/aromatic N) is 1. The van der Waals surface area contributed by atoms with Crippen LogP contribution in [0.1, 0.15) is 19.8 Å². The zero-order chi connectivity index (χ0) is 12.1. The molecule has 0 bridgehead atoms. The van der Waals surface area contributed by atoms with Crippen molar-refractivity contribution in [1.29, 1.82) is 0 Å². The molecule has 0 fully saturated rings. The largest absolute Gasteiger partial charge is 0.335 e. The zero-order valence-electron chi connectivity index (χ0n) is 10.3. The molecule has 1 unspecified atom stereocenters. The van der Waals surface area contributed by atoms with Gasteiger partial charge in [0.1, 0.15) is 0 Å². The van der Waals surface area contributed by atoms with E-state index >= 15 is 0 Å². The van der Waals surface area contributed by atoms with Crippen molar-refractivity contribution in [1.82, 2.24) is 0 Å². The lowest BCUT2D eigenvalue weighted by Crippen LogP contribution is -2.19. The molecule has 17 heavy (non-hydrogen) atoms. The summed E-state index contributed by atoms with van der Waals surface area (Å²) in [6, 6.07) is 8.98. The molecule has 1 N–H and O–H groups in total. The van der Waals surface area contributed by atoms with Crippen molar-refractivity contribution in [2.45, 2.75) is 30.7 Å². The Morgan fingerprint density at radius 2 is 2.41 bits per heavy atom. The van der Waals surface area contributed by atoms with Crippen LogP contribution in [0.4, 0.5) is 5.69 Å². The minimum absolute atomic E-state index is 0.502. The Bertz CT molecular complexity index is 404. The predicted molar refractivity (Wildman–Crippen MR) is 80.4 cm³/mol. The number of hydrogen-bond acceptors (Lipinski definition) is 4. The Morgan fingerprint density at radius 1 is 1.53 bits per heavy atom. The van der Waals surface area contributed by atoms with Gasteiger partial charge in [0, 0.05) is 16.3 Å². The Labute approximate surface area is 112 Å². The maximum Gasteiger partial charge on any atom is 0.161 e. The van der Waals surface area contributed by atoms with Gasteiger partial charge in [-0.1, -0.05) is 24.8 Å². The van der Waals surface area contributed by atoms with E-state index in [-0.39, 0.29) is 0 Å². The quantitative estimate of drug-likeness (QED) is 0.834. The highest BCUT2D eigenvalue weighted by molar-refractivity contribution is 8.14. The van der Waals surface area contributed by atoms with Crippen LogP contribution in [0.2, 0.25) is 0 Å². The van der Waals surface area contributed by atoms with Crippen LogP contribution in [0.5, 0.6) is 0 Å². The third-order valence-corrected chi connectivity index (χ3v) is 4.43. The highest BCUT2D eigenvalue weighted by atomic mass is 32.2. The fraction of sp³-hybridized carbons (Fsp3) is 0.462. The van der Waals surface area contributed by atoms with Gasteiger partial charge in [-0.2, -0.15) is 0 Å². The molecular formula is C13H18N2S2.